The van der Waals surface area contributed by atoms with Crippen LogP contribution in [0.15, 0.2) is 36.4 Å². The molecule has 1 heterocycles. The summed E-state index contributed by atoms with van der Waals surface area (Å²) in [7, 11) is 3.15. The van der Waals surface area contributed by atoms with Crippen LogP contribution in [0.25, 0.3) is 0 Å². The van der Waals surface area contributed by atoms with Gasteiger partial charge in [-0.05, 0) is 68.1 Å². The second-order valence-electron chi connectivity index (χ2n) is 6.57. The molecule has 0 radical (unpaired) electrons. The Hall–Kier alpha value is -2.69. The Morgan fingerprint density at radius 3 is 2.19 bits per heavy atom. The number of methoxy groups -OCH3 is 2. The zero-order chi connectivity index (χ0) is 18.5. The lowest BCUT2D eigenvalue weighted by Gasteiger charge is -2.28. The lowest BCUT2D eigenvalue weighted by molar-refractivity contribution is 0.102. The summed E-state index contributed by atoms with van der Waals surface area (Å²) >= 11 is 0. The van der Waals surface area contributed by atoms with E-state index >= 15 is 0 Å². The van der Waals surface area contributed by atoms with Gasteiger partial charge in [0.05, 0.1) is 14.2 Å². The van der Waals surface area contributed by atoms with E-state index in [1.165, 1.54) is 24.9 Å². The second-order valence-corrected chi connectivity index (χ2v) is 6.57. The Morgan fingerprint density at radius 2 is 1.58 bits per heavy atom. The molecular formula is C21H26N2O3. The van der Waals surface area contributed by atoms with Crippen molar-refractivity contribution in [2.24, 2.45) is 0 Å². The average molecular weight is 354 g/mol. The van der Waals surface area contributed by atoms with Crippen LogP contribution in [0.1, 0.15) is 35.2 Å². The number of amides is 1. The van der Waals surface area contributed by atoms with Crippen LogP contribution in [0.2, 0.25) is 0 Å². The van der Waals surface area contributed by atoms with Gasteiger partial charge in [0.25, 0.3) is 5.91 Å². The topological polar surface area (TPSA) is 50.8 Å². The Morgan fingerprint density at radius 1 is 0.962 bits per heavy atom. The van der Waals surface area contributed by atoms with Crippen molar-refractivity contribution in [1.82, 2.24) is 0 Å². The summed E-state index contributed by atoms with van der Waals surface area (Å²) in [6.07, 6.45) is 3.81. The predicted molar refractivity (Wildman–Crippen MR) is 105 cm³/mol. The highest BCUT2D eigenvalue weighted by atomic mass is 16.5. The smallest absolute Gasteiger partial charge is 0.256 e. The molecule has 0 aliphatic carbocycles. The van der Waals surface area contributed by atoms with Gasteiger partial charge in [-0.1, -0.05) is 0 Å². The number of aryl methyl sites for hydroxylation is 1. The summed E-state index contributed by atoms with van der Waals surface area (Å²) in [6, 6.07) is 11.6. The van der Waals surface area contributed by atoms with E-state index in [0.717, 1.165) is 24.3 Å². The first-order valence-electron chi connectivity index (χ1n) is 9.01. The highest BCUT2D eigenvalue weighted by Gasteiger charge is 2.15. The molecule has 2 aromatic rings. The third-order valence-electron chi connectivity index (χ3n) is 4.82. The third kappa shape index (κ3) is 3.93. The molecule has 0 aromatic heterocycles. The van der Waals surface area contributed by atoms with Crippen LogP contribution in [-0.4, -0.2) is 33.2 Å². The molecule has 0 spiro atoms. The summed E-state index contributed by atoms with van der Waals surface area (Å²) in [6.45, 7) is 4.10. The van der Waals surface area contributed by atoms with E-state index < -0.39 is 0 Å². The normalized spacial score (nSPS) is 14.0. The van der Waals surface area contributed by atoms with Gasteiger partial charge >= 0.3 is 0 Å². The van der Waals surface area contributed by atoms with Gasteiger partial charge in [0.1, 0.15) is 0 Å². The van der Waals surface area contributed by atoms with Crippen molar-refractivity contribution in [2.75, 3.05) is 37.5 Å². The molecule has 1 aliphatic heterocycles. The monoisotopic (exact) mass is 354 g/mol. The van der Waals surface area contributed by atoms with Gasteiger partial charge in [0.15, 0.2) is 11.5 Å². The Bertz CT molecular complexity index is 766. The molecule has 3 rings (SSSR count). The summed E-state index contributed by atoms with van der Waals surface area (Å²) in [4.78, 5) is 15.1. The fourth-order valence-electron chi connectivity index (χ4n) is 3.33. The molecule has 1 N–H and O–H groups in total. The summed E-state index contributed by atoms with van der Waals surface area (Å²) < 4.78 is 10.6. The second kappa shape index (κ2) is 8.13. The van der Waals surface area contributed by atoms with Gasteiger partial charge in [-0.3, -0.25) is 4.79 Å². The van der Waals surface area contributed by atoms with Gasteiger partial charge in [-0.2, -0.15) is 0 Å². The fourth-order valence-corrected chi connectivity index (χ4v) is 3.33. The maximum atomic E-state index is 12.7. The third-order valence-corrected chi connectivity index (χ3v) is 4.82. The number of anilines is 2. The quantitative estimate of drug-likeness (QED) is 0.872. The van der Waals surface area contributed by atoms with Crippen molar-refractivity contribution in [3.8, 4) is 11.5 Å². The van der Waals surface area contributed by atoms with E-state index in [4.69, 9.17) is 9.47 Å². The van der Waals surface area contributed by atoms with Gasteiger partial charge in [0, 0.05) is 30.0 Å². The molecule has 138 valence electrons. The Labute approximate surface area is 154 Å². The molecule has 5 nitrogen and oxygen atoms in total. The maximum absolute atomic E-state index is 12.7. The lowest BCUT2D eigenvalue weighted by Crippen LogP contribution is -2.29. The molecule has 0 atom stereocenters. The number of carbonyl (C=O) groups is 1. The molecule has 2 aromatic carbocycles. The summed E-state index contributed by atoms with van der Waals surface area (Å²) in [5.74, 6) is 1.00. The molecule has 26 heavy (non-hydrogen) atoms. The largest absolute Gasteiger partial charge is 0.493 e. The Balaban J connectivity index is 1.73. The van der Waals surface area contributed by atoms with Crippen molar-refractivity contribution < 1.29 is 14.3 Å². The van der Waals surface area contributed by atoms with Crippen LogP contribution in [0.3, 0.4) is 0 Å². The number of nitrogens with zero attached hydrogens (tertiary/aromatic N) is 1. The minimum Gasteiger partial charge on any atom is -0.493 e. The maximum Gasteiger partial charge on any atom is 0.256 e. The molecule has 0 saturated carbocycles. The first kappa shape index (κ1) is 18.1. The van der Waals surface area contributed by atoms with Gasteiger partial charge in [-0.25, -0.2) is 0 Å². The molecule has 1 aliphatic rings. The highest BCUT2D eigenvalue weighted by Crippen LogP contribution is 2.30. The van der Waals surface area contributed by atoms with Crippen molar-refractivity contribution in [3.05, 3.63) is 47.5 Å². The number of rotatable bonds is 5. The van der Waals surface area contributed by atoms with E-state index in [0.29, 0.717) is 17.1 Å². The molecule has 1 amide bonds. The van der Waals surface area contributed by atoms with Crippen molar-refractivity contribution >= 4 is 17.3 Å². The first-order valence-corrected chi connectivity index (χ1v) is 9.01. The number of carbonyl (C=O) groups excluding carboxylic acids is 1. The predicted octanol–water partition coefficient (Wildman–Crippen LogP) is 4.25. The lowest BCUT2D eigenvalue weighted by atomic mass is 10.1. The van der Waals surface area contributed by atoms with Crippen LogP contribution >= 0.6 is 0 Å². The van der Waals surface area contributed by atoms with Crippen molar-refractivity contribution in [1.29, 1.82) is 0 Å². The van der Waals surface area contributed by atoms with Crippen LogP contribution < -0.4 is 19.7 Å². The number of benzene rings is 2. The molecule has 5 heteroatoms. The average Bonchev–Trinajstić information content (AvgIpc) is 2.68. The highest BCUT2D eigenvalue weighted by molar-refractivity contribution is 6.05. The van der Waals surface area contributed by atoms with Crippen LogP contribution in [0, 0.1) is 6.92 Å². The number of piperidine rings is 1. The number of hydrogen-bond acceptors (Lipinski definition) is 4. The van der Waals surface area contributed by atoms with Crippen molar-refractivity contribution in [3.63, 3.8) is 0 Å². The van der Waals surface area contributed by atoms with Crippen LogP contribution in [0.4, 0.5) is 11.4 Å². The zero-order valence-electron chi connectivity index (χ0n) is 15.7. The summed E-state index contributed by atoms with van der Waals surface area (Å²) in [5, 5.41) is 2.96. The summed E-state index contributed by atoms with van der Waals surface area (Å²) in [5.41, 5.74) is 3.41. The van der Waals surface area contributed by atoms with Crippen molar-refractivity contribution in [2.45, 2.75) is 26.2 Å². The number of hydrogen-bond donors (Lipinski definition) is 1. The molecular weight excluding hydrogens is 328 g/mol. The van der Waals surface area contributed by atoms with Gasteiger partial charge in [0.2, 0.25) is 0 Å². The first-order chi connectivity index (χ1) is 12.6. The molecule has 0 bridgehead atoms. The van der Waals surface area contributed by atoms with E-state index in [1.807, 2.05) is 25.1 Å². The van der Waals surface area contributed by atoms with E-state index in [9.17, 15) is 4.79 Å². The van der Waals surface area contributed by atoms with E-state index in [1.54, 1.807) is 20.3 Å². The zero-order valence-corrected chi connectivity index (χ0v) is 15.7. The van der Waals surface area contributed by atoms with Gasteiger partial charge < -0.3 is 19.7 Å². The standard InChI is InChI=1S/C21H26N2O3/c1-15-13-19(25-2)20(26-3)14-18(15)21(24)22-16-7-9-17(10-8-16)23-11-5-4-6-12-23/h7-10,13-14H,4-6,11-12H2,1-3H3,(H,22,24). The van der Waals surface area contributed by atoms with E-state index in [-0.39, 0.29) is 5.91 Å². The Kier molecular flexibility index (Phi) is 5.66. The van der Waals surface area contributed by atoms with Crippen LogP contribution in [-0.2, 0) is 0 Å². The minimum absolute atomic E-state index is 0.158. The molecule has 0 unspecified atom stereocenters. The minimum atomic E-state index is -0.158. The number of ether oxygens (including phenoxy) is 2. The fraction of sp³-hybridized carbons (Fsp3) is 0.381. The van der Waals surface area contributed by atoms with Crippen LogP contribution in [0.5, 0.6) is 11.5 Å². The van der Waals surface area contributed by atoms with Gasteiger partial charge in [-0.15, -0.1) is 0 Å². The van der Waals surface area contributed by atoms with E-state index in [2.05, 4.69) is 22.3 Å². The SMILES string of the molecule is COc1cc(C)c(C(=O)Nc2ccc(N3CCCCC3)cc2)cc1OC. The molecule has 1 fully saturated rings. The number of nitrogens with one attached hydrogen (secondary N) is 1. The molecule has 1 saturated heterocycles.